The predicted molar refractivity (Wildman–Crippen MR) is 89.5 cm³/mol. The largest absolute Gasteiger partial charge is 0.456 e. The van der Waals surface area contributed by atoms with E-state index in [4.69, 9.17) is 4.74 Å². The van der Waals surface area contributed by atoms with E-state index in [1.54, 1.807) is 4.90 Å². The molecule has 0 bridgehead atoms. The molecule has 0 saturated carbocycles. The van der Waals surface area contributed by atoms with Crippen molar-refractivity contribution >= 4 is 27.4 Å². The SMILES string of the molecule is O=C(C[C@H]1CCS(=O)(=O)C1)OCC(=O)N1CCCc2ccccc21. The number of sulfone groups is 1. The summed E-state index contributed by atoms with van der Waals surface area (Å²) in [5.74, 6) is -0.761. The van der Waals surface area contributed by atoms with E-state index >= 15 is 0 Å². The molecule has 1 saturated heterocycles. The Morgan fingerprint density at radius 2 is 2.04 bits per heavy atom. The van der Waals surface area contributed by atoms with E-state index in [-0.39, 0.29) is 36.4 Å². The molecule has 3 rings (SSSR count). The smallest absolute Gasteiger partial charge is 0.306 e. The monoisotopic (exact) mass is 351 g/mol. The molecule has 0 aromatic heterocycles. The van der Waals surface area contributed by atoms with E-state index in [1.807, 2.05) is 24.3 Å². The molecule has 2 heterocycles. The van der Waals surface area contributed by atoms with Gasteiger partial charge in [0, 0.05) is 18.7 Å². The van der Waals surface area contributed by atoms with Crippen LogP contribution in [0.4, 0.5) is 5.69 Å². The first-order valence-electron chi connectivity index (χ1n) is 8.19. The van der Waals surface area contributed by atoms with Crippen molar-refractivity contribution in [3.05, 3.63) is 29.8 Å². The number of amides is 1. The molecule has 0 unspecified atom stereocenters. The highest BCUT2D eigenvalue weighted by atomic mass is 32.2. The second-order valence-corrected chi connectivity index (χ2v) is 8.64. The van der Waals surface area contributed by atoms with Crippen LogP contribution in [-0.2, 0) is 30.6 Å². The van der Waals surface area contributed by atoms with Crippen molar-refractivity contribution in [1.29, 1.82) is 0 Å². The lowest BCUT2D eigenvalue weighted by Gasteiger charge is -2.29. The van der Waals surface area contributed by atoms with E-state index in [0.29, 0.717) is 13.0 Å². The number of hydrogen-bond donors (Lipinski definition) is 0. The number of carbonyl (C=O) groups is 2. The Kier molecular flexibility index (Phi) is 4.89. The first-order valence-corrected chi connectivity index (χ1v) is 10.0. The van der Waals surface area contributed by atoms with Crippen molar-refractivity contribution in [3.63, 3.8) is 0 Å². The standard InChI is InChI=1S/C17H21NO5S/c19-16(18-8-3-5-14-4-1-2-6-15(14)18)11-23-17(20)10-13-7-9-24(21,22)12-13/h1-2,4,6,13H,3,5,7-12H2/t13-/m1/s1. The van der Waals surface area contributed by atoms with Crippen molar-refractivity contribution in [2.45, 2.75) is 25.7 Å². The van der Waals surface area contributed by atoms with Gasteiger partial charge in [-0.2, -0.15) is 0 Å². The van der Waals surface area contributed by atoms with Crippen molar-refractivity contribution < 1.29 is 22.7 Å². The minimum Gasteiger partial charge on any atom is -0.456 e. The van der Waals surface area contributed by atoms with Gasteiger partial charge in [0.05, 0.1) is 11.5 Å². The third kappa shape index (κ3) is 3.95. The van der Waals surface area contributed by atoms with E-state index in [2.05, 4.69) is 0 Å². The van der Waals surface area contributed by atoms with Crippen LogP contribution in [0.2, 0.25) is 0 Å². The van der Waals surface area contributed by atoms with Crippen LogP contribution in [0.25, 0.3) is 0 Å². The van der Waals surface area contributed by atoms with Crippen LogP contribution < -0.4 is 4.90 Å². The molecule has 1 atom stereocenters. The van der Waals surface area contributed by atoms with E-state index < -0.39 is 15.8 Å². The lowest BCUT2D eigenvalue weighted by atomic mass is 10.0. The van der Waals surface area contributed by atoms with Crippen molar-refractivity contribution in [3.8, 4) is 0 Å². The molecule has 2 aliphatic heterocycles. The molecule has 6 nitrogen and oxygen atoms in total. The van der Waals surface area contributed by atoms with Gasteiger partial charge in [-0.25, -0.2) is 8.42 Å². The molecule has 2 aliphatic rings. The van der Waals surface area contributed by atoms with Crippen molar-refractivity contribution in [2.24, 2.45) is 5.92 Å². The molecule has 0 aliphatic carbocycles. The number of hydrogen-bond acceptors (Lipinski definition) is 5. The molecule has 1 aromatic rings. The molecule has 1 aromatic carbocycles. The number of fused-ring (bicyclic) bond motifs is 1. The first kappa shape index (κ1) is 17.0. The Hall–Kier alpha value is -1.89. The van der Waals surface area contributed by atoms with Gasteiger partial charge in [0.15, 0.2) is 16.4 Å². The van der Waals surface area contributed by atoms with E-state index in [0.717, 1.165) is 24.1 Å². The fourth-order valence-electron chi connectivity index (χ4n) is 3.34. The highest BCUT2D eigenvalue weighted by Gasteiger charge is 2.30. The van der Waals surface area contributed by atoms with Gasteiger partial charge in [-0.05, 0) is 36.8 Å². The minimum absolute atomic E-state index is 0.0372. The van der Waals surface area contributed by atoms with Gasteiger partial charge in [-0.1, -0.05) is 18.2 Å². The maximum atomic E-state index is 12.4. The van der Waals surface area contributed by atoms with Crippen molar-refractivity contribution in [1.82, 2.24) is 0 Å². The quantitative estimate of drug-likeness (QED) is 0.765. The predicted octanol–water partition coefficient (Wildman–Crippen LogP) is 1.33. The first-order chi connectivity index (χ1) is 11.4. The maximum absolute atomic E-state index is 12.4. The van der Waals surface area contributed by atoms with Gasteiger partial charge in [-0.3, -0.25) is 9.59 Å². The second kappa shape index (κ2) is 6.93. The summed E-state index contributed by atoms with van der Waals surface area (Å²) in [5, 5.41) is 0. The molecule has 7 heteroatoms. The zero-order chi connectivity index (χ0) is 17.2. The summed E-state index contributed by atoms with van der Waals surface area (Å²) in [6.07, 6.45) is 2.38. The second-order valence-electron chi connectivity index (χ2n) is 6.41. The van der Waals surface area contributed by atoms with E-state index in [9.17, 15) is 18.0 Å². The number of esters is 1. The lowest BCUT2D eigenvalue weighted by Crippen LogP contribution is -2.38. The number of aryl methyl sites for hydroxylation is 1. The molecule has 0 spiro atoms. The summed E-state index contributed by atoms with van der Waals surface area (Å²) in [5.41, 5.74) is 2.01. The van der Waals surface area contributed by atoms with Gasteiger partial charge in [0.25, 0.3) is 5.91 Å². The summed E-state index contributed by atoms with van der Waals surface area (Å²) in [6, 6.07) is 7.73. The molecule has 1 amide bonds. The number of ether oxygens (including phenoxy) is 1. The normalized spacial score (nSPS) is 22.0. The molecule has 0 N–H and O–H groups in total. The van der Waals surface area contributed by atoms with Gasteiger partial charge in [0.1, 0.15) is 0 Å². The van der Waals surface area contributed by atoms with Crippen LogP contribution in [0.3, 0.4) is 0 Å². The molecule has 24 heavy (non-hydrogen) atoms. The Morgan fingerprint density at radius 1 is 1.25 bits per heavy atom. The summed E-state index contributed by atoms with van der Waals surface area (Å²) >= 11 is 0. The Labute approximate surface area is 141 Å². The van der Waals surface area contributed by atoms with Gasteiger partial charge < -0.3 is 9.64 Å². The number of para-hydroxylation sites is 1. The lowest BCUT2D eigenvalue weighted by molar-refractivity contribution is -0.148. The zero-order valence-corrected chi connectivity index (χ0v) is 14.3. The number of rotatable bonds is 4. The highest BCUT2D eigenvalue weighted by Crippen LogP contribution is 2.27. The fourth-order valence-corrected chi connectivity index (χ4v) is 5.20. The Balaban J connectivity index is 1.52. The average Bonchev–Trinajstić information content (AvgIpc) is 2.90. The molecular weight excluding hydrogens is 330 g/mol. The van der Waals surface area contributed by atoms with Gasteiger partial charge in [-0.15, -0.1) is 0 Å². The summed E-state index contributed by atoms with van der Waals surface area (Å²) in [7, 11) is -3.01. The van der Waals surface area contributed by atoms with Gasteiger partial charge in [0.2, 0.25) is 0 Å². The molecule has 0 radical (unpaired) electrons. The zero-order valence-electron chi connectivity index (χ0n) is 13.4. The average molecular weight is 351 g/mol. The topological polar surface area (TPSA) is 80.7 Å². The number of anilines is 1. The fraction of sp³-hybridized carbons (Fsp3) is 0.529. The van der Waals surface area contributed by atoms with Crippen LogP contribution in [-0.4, -0.2) is 45.0 Å². The maximum Gasteiger partial charge on any atom is 0.306 e. The minimum atomic E-state index is -3.01. The van der Waals surface area contributed by atoms with Crippen LogP contribution in [0.15, 0.2) is 24.3 Å². The summed E-state index contributed by atoms with van der Waals surface area (Å²) in [4.78, 5) is 25.9. The third-order valence-corrected chi connectivity index (χ3v) is 6.39. The highest BCUT2D eigenvalue weighted by molar-refractivity contribution is 7.91. The Bertz CT molecular complexity index is 743. The van der Waals surface area contributed by atoms with Crippen LogP contribution in [0.5, 0.6) is 0 Å². The third-order valence-electron chi connectivity index (χ3n) is 4.55. The molecular formula is C17H21NO5S. The van der Waals surface area contributed by atoms with Crippen LogP contribution in [0, 0.1) is 5.92 Å². The van der Waals surface area contributed by atoms with Crippen molar-refractivity contribution in [2.75, 3.05) is 29.6 Å². The number of carbonyl (C=O) groups excluding carboxylic acids is 2. The number of benzene rings is 1. The summed E-state index contributed by atoms with van der Waals surface area (Å²) < 4.78 is 27.9. The van der Waals surface area contributed by atoms with Gasteiger partial charge >= 0.3 is 5.97 Å². The van der Waals surface area contributed by atoms with Crippen LogP contribution >= 0.6 is 0 Å². The molecule has 130 valence electrons. The van der Waals surface area contributed by atoms with Crippen LogP contribution in [0.1, 0.15) is 24.8 Å². The Morgan fingerprint density at radius 3 is 2.79 bits per heavy atom. The molecule has 1 fully saturated rings. The van der Waals surface area contributed by atoms with E-state index in [1.165, 1.54) is 0 Å². The number of nitrogens with zero attached hydrogens (tertiary/aromatic N) is 1. The summed E-state index contributed by atoms with van der Waals surface area (Å²) in [6.45, 7) is 0.320.